The van der Waals surface area contributed by atoms with Gasteiger partial charge in [0, 0.05) is 20.1 Å². The lowest BCUT2D eigenvalue weighted by molar-refractivity contribution is -0.130. The van der Waals surface area contributed by atoms with Crippen LogP contribution in [0.25, 0.3) is 0 Å². The van der Waals surface area contributed by atoms with Crippen molar-refractivity contribution < 1.29 is 19.1 Å². The van der Waals surface area contributed by atoms with E-state index in [1.54, 1.807) is 14.0 Å². The Morgan fingerprint density at radius 1 is 1.19 bits per heavy atom. The number of carbonyl (C=O) groups excluding carboxylic acids is 2. The number of likely N-dealkylation sites (N-methyl/N-ethyl adjacent to an activating group) is 1. The van der Waals surface area contributed by atoms with Gasteiger partial charge in [0.05, 0.1) is 6.04 Å². The maximum absolute atomic E-state index is 12.5. The SMILES string of the molecule is CC1C(=O)N(C2CCCN(CC3COc4ccccc4O3)C2)C(=O)N1C. The molecule has 140 valence electrons. The molecule has 0 spiro atoms. The summed E-state index contributed by atoms with van der Waals surface area (Å²) >= 11 is 0. The lowest BCUT2D eigenvalue weighted by atomic mass is 10.0. The molecule has 4 rings (SSSR count). The molecule has 3 heterocycles. The topological polar surface area (TPSA) is 62.3 Å². The number of fused-ring (bicyclic) bond motifs is 1. The summed E-state index contributed by atoms with van der Waals surface area (Å²) in [5, 5.41) is 0. The van der Waals surface area contributed by atoms with Gasteiger partial charge in [-0.2, -0.15) is 0 Å². The third-order valence-corrected chi connectivity index (χ3v) is 5.56. The minimum atomic E-state index is -0.371. The quantitative estimate of drug-likeness (QED) is 0.767. The second-order valence-corrected chi connectivity index (χ2v) is 7.33. The van der Waals surface area contributed by atoms with Gasteiger partial charge in [0.1, 0.15) is 18.8 Å². The van der Waals surface area contributed by atoms with Crippen molar-refractivity contribution in [2.75, 3.05) is 33.3 Å². The van der Waals surface area contributed by atoms with E-state index in [9.17, 15) is 9.59 Å². The van der Waals surface area contributed by atoms with E-state index in [1.807, 2.05) is 24.3 Å². The van der Waals surface area contributed by atoms with Gasteiger partial charge in [0.2, 0.25) is 0 Å². The van der Waals surface area contributed by atoms with E-state index in [2.05, 4.69) is 4.90 Å². The van der Waals surface area contributed by atoms with Gasteiger partial charge in [-0.3, -0.25) is 14.6 Å². The highest BCUT2D eigenvalue weighted by Gasteiger charge is 2.45. The summed E-state index contributed by atoms with van der Waals surface area (Å²) in [5.74, 6) is 1.47. The molecule has 2 fully saturated rings. The first-order valence-corrected chi connectivity index (χ1v) is 9.25. The van der Waals surface area contributed by atoms with Crippen LogP contribution >= 0.6 is 0 Å². The Hall–Kier alpha value is -2.28. The first-order valence-electron chi connectivity index (χ1n) is 9.25. The average Bonchev–Trinajstić information content (AvgIpc) is 2.85. The molecule has 3 unspecified atom stereocenters. The lowest BCUT2D eigenvalue weighted by Gasteiger charge is -2.38. The highest BCUT2D eigenvalue weighted by molar-refractivity contribution is 6.04. The molecule has 0 saturated carbocycles. The summed E-state index contributed by atoms with van der Waals surface area (Å²) < 4.78 is 11.8. The number of ether oxygens (including phenoxy) is 2. The monoisotopic (exact) mass is 359 g/mol. The van der Waals surface area contributed by atoms with E-state index < -0.39 is 0 Å². The fourth-order valence-corrected chi connectivity index (χ4v) is 3.98. The molecule has 0 N–H and O–H groups in total. The number of urea groups is 1. The number of likely N-dealkylation sites (tertiary alicyclic amines) is 1. The lowest BCUT2D eigenvalue weighted by Crippen LogP contribution is -2.53. The number of rotatable bonds is 3. The maximum atomic E-state index is 12.5. The van der Waals surface area contributed by atoms with Gasteiger partial charge in [-0.15, -0.1) is 0 Å². The van der Waals surface area contributed by atoms with Crippen LogP contribution in [0.5, 0.6) is 11.5 Å². The molecule has 3 aliphatic heterocycles. The number of benzene rings is 1. The first kappa shape index (κ1) is 17.1. The predicted octanol–water partition coefficient (Wildman–Crippen LogP) is 1.57. The number of nitrogens with zero attached hydrogens (tertiary/aromatic N) is 3. The Balaban J connectivity index is 1.39. The largest absolute Gasteiger partial charge is 0.486 e. The van der Waals surface area contributed by atoms with Gasteiger partial charge in [-0.1, -0.05) is 12.1 Å². The highest BCUT2D eigenvalue weighted by Crippen LogP contribution is 2.31. The zero-order chi connectivity index (χ0) is 18.3. The predicted molar refractivity (Wildman–Crippen MR) is 95.3 cm³/mol. The second-order valence-electron chi connectivity index (χ2n) is 7.33. The molecule has 0 bridgehead atoms. The highest BCUT2D eigenvalue weighted by atomic mass is 16.6. The molecule has 0 aromatic heterocycles. The summed E-state index contributed by atoms with van der Waals surface area (Å²) in [7, 11) is 1.69. The van der Waals surface area contributed by atoms with Crippen molar-refractivity contribution in [3.63, 3.8) is 0 Å². The Kier molecular flexibility index (Phi) is 4.48. The first-order chi connectivity index (χ1) is 12.5. The van der Waals surface area contributed by atoms with Crippen molar-refractivity contribution in [1.29, 1.82) is 0 Å². The Bertz CT molecular complexity index is 690. The summed E-state index contributed by atoms with van der Waals surface area (Å²) in [5.41, 5.74) is 0. The molecule has 1 aromatic rings. The van der Waals surface area contributed by atoms with Gasteiger partial charge < -0.3 is 14.4 Å². The van der Waals surface area contributed by atoms with E-state index in [4.69, 9.17) is 9.47 Å². The van der Waals surface area contributed by atoms with Crippen molar-refractivity contribution in [3.05, 3.63) is 24.3 Å². The normalized spacial score (nSPS) is 29.4. The number of carbonyl (C=O) groups is 2. The summed E-state index contributed by atoms with van der Waals surface area (Å²) in [6, 6.07) is 7.08. The van der Waals surface area contributed by atoms with Crippen molar-refractivity contribution in [1.82, 2.24) is 14.7 Å². The van der Waals surface area contributed by atoms with Crippen LogP contribution in [0, 0.1) is 0 Å². The molecular weight excluding hydrogens is 334 g/mol. The second kappa shape index (κ2) is 6.79. The third kappa shape index (κ3) is 3.00. The van der Waals surface area contributed by atoms with Crippen LogP contribution in [-0.2, 0) is 4.79 Å². The standard InChI is InChI=1S/C19H25N3O4/c1-13-18(23)22(19(24)20(13)2)14-6-5-9-21(10-14)11-15-12-25-16-7-3-4-8-17(16)26-15/h3-4,7-8,13-15H,5-6,9-12H2,1-2H3. The third-order valence-electron chi connectivity index (χ3n) is 5.56. The zero-order valence-electron chi connectivity index (χ0n) is 15.3. The van der Waals surface area contributed by atoms with Gasteiger partial charge >= 0.3 is 6.03 Å². The molecule has 7 nitrogen and oxygen atoms in total. The molecule has 3 aliphatic rings. The van der Waals surface area contributed by atoms with Crippen LogP contribution in [0.4, 0.5) is 4.79 Å². The van der Waals surface area contributed by atoms with Crippen LogP contribution < -0.4 is 9.47 Å². The molecule has 7 heteroatoms. The molecule has 0 aliphatic carbocycles. The smallest absolute Gasteiger partial charge is 0.327 e. The summed E-state index contributed by atoms with van der Waals surface area (Å²) in [6.07, 6.45) is 1.78. The minimum absolute atomic E-state index is 0.0461. The zero-order valence-corrected chi connectivity index (χ0v) is 15.3. The Labute approximate surface area is 153 Å². The Morgan fingerprint density at radius 3 is 2.69 bits per heavy atom. The molecule has 3 amide bonds. The summed E-state index contributed by atoms with van der Waals surface area (Å²) in [4.78, 5) is 30.2. The number of piperidine rings is 1. The number of hydrogen-bond acceptors (Lipinski definition) is 5. The van der Waals surface area contributed by atoms with E-state index in [0.29, 0.717) is 13.2 Å². The van der Waals surface area contributed by atoms with Crippen LogP contribution in [0.1, 0.15) is 19.8 Å². The van der Waals surface area contributed by atoms with Crippen LogP contribution in [0.15, 0.2) is 24.3 Å². The van der Waals surface area contributed by atoms with Crippen LogP contribution in [0.3, 0.4) is 0 Å². The van der Waals surface area contributed by atoms with Crippen LogP contribution in [0.2, 0.25) is 0 Å². The molecular formula is C19H25N3O4. The van der Waals surface area contributed by atoms with Gasteiger partial charge in [-0.25, -0.2) is 4.79 Å². The van der Waals surface area contributed by atoms with E-state index in [1.165, 1.54) is 9.80 Å². The van der Waals surface area contributed by atoms with Gasteiger partial charge in [0.15, 0.2) is 11.5 Å². The van der Waals surface area contributed by atoms with Crippen LogP contribution in [-0.4, -0.2) is 78.1 Å². The molecule has 1 aromatic carbocycles. The number of hydrogen-bond donors (Lipinski definition) is 0. The van der Waals surface area contributed by atoms with Crippen molar-refractivity contribution >= 4 is 11.9 Å². The number of imide groups is 1. The van der Waals surface area contributed by atoms with Gasteiger partial charge in [0.25, 0.3) is 5.91 Å². The molecule has 3 atom stereocenters. The van der Waals surface area contributed by atoms with Crippen molar-refractivity contribution in [2.45, 2.75) is 38.0 Å². The van der Waals surface area contributed by atoms with Gasteiger partial charge in [-0.05, 0) is 38.4 Å². The molecule has 2 saturated heterocycles. The van der Waals surface area contributed by atoms with Crippen molar-refractivity contribution in [2.24, 2.45) is 0 Å². The fourth-order valence-electron chi connectivity index (χ4n) is 3.98. The fraction of sp³-hybridized carbons (Fsp3) is 0.579. The minimum Gasteiger partial charge on any atom is -0.486 e. The van der Waals surface area contributed by atoms with Crippen molar-refractivity contribution in [3.8, 4) is 11.5 Å². The maximum Gasteiger partial charge on any atom is 0.327 e. The molecule has 0 radical (unpaired) electrons. The molecule has 26 heavy (non-hydrogen) atoms. The van der Waals surface area contributed by atoms with E-state index in [-0.39, 0.29) is 30.1 Å². The summed E-state index contributed by atoms with van der Waals surface area (Å²) in [6.45, 7) is 4.66. The number of para-hydroxylation sites is 2. The average molecular weight is 359 g/mol. The van der Waals surface area contributed by atoms with E-state index in [0.717, 1.165) is 37.4 Å². The number of amides is 3. The van der Waals surface area contributed by atoms with E-state index >= 15 is 0 Å². The Morgan fingerprint density at radius 2 is 1.96 bits per heavy atom.